The molecule has 1 aromatic heterocycles. The Labute approximate surface area is 175 Å². The highest BCUT2D eigenvalue weighted by Crippen LogP contribution is 2.27. The molecule has 1 heterocycles. The second kappa shape index (κ2) is 8.92. The van der Waals surface area contributed by atoms with E-state index in [4.69, 9.17) is 4.74 Å². The molecule has 0 fully saturated rings. The molecule has 0 atom stereocenters. The van der Waals surface area contributed by atoms with Crippen LogP contribution < -0.4 is 11.2 Å². The number of aromatic nitrogens is 2. The van der Waals surface area contributed by atoms with Crippen LogP contribution in [0.3, 0.4) is 0 Å². The van der Waals surface area contributed by atoms with E-state index in [1.54, 1.807) is 13.8 Å². The predicted octanol–water partition coefficient (Wildman–Crippen LogP) is 3.26. The summed E-state index contributed by atoms with van der Waals surface area (Å²) in [4.78, 5) is 35.7. The van der Waals surface area contributed by atoms with Crippen LogP contribution in [0.25, 0.3) is 11.3 Å². The van der Waals surface area contributed by atoms with Gasteiger partial charge < -0.3 is 9.94 Å². The summed E-state index contributed by atoms with van der Waals surface area (Å²) in [5, 5.41) is 21.0. The standard InChI is InChI=1S/C21H20FN3O6/c1-13(2)18-19(15-5-9-17(10-6-15)25(29)30)23(21(27)24(28)20(18)26)12-31-11-14-3-7-16(22)8-4-14/h3-10,13,28H,11-12H2,1-2H3. The van der Waals surface area contributed by atoms with Gasteiger partial charge in [-0.2, -0.15) is 0 Å². The van der Waals surface area contributed by atoms with Crippen LogP contribution in [0, 0.1) is 15.9 Å². The van der Waals surface area contributed by atoms with Gasteiger partial charge in [0.05, 0.1) is 17.2 Å². The number of benzene rings is 2. The van der Waals surface area contributed by atoms with Crippen molar-refractivity contribution < 1.29 is 19.3 Å². The highest BCUT2D eigenvalue weighted by atomic mass is 19.1. The molecule has 31 heavy (non-hydrogen) atoms. The van der Waals surface area contributed by atoms with Gasteiger partial charge in [0.15, 0.2) is 0 Å². The molecule has 9 nitrogen and oxygen atoms in total. The minimum atomic E-state index is -1.01. The number of halogens is 1. The topological polar surface area (TPSA) is 117 Å². The van der Waals surface area contributed by atoms with E-state index >= 15 is 0 Å². The Kier molecular flexibility index (Phi) is 6.30. The highest BCUT2D eigenvalue weighted by molar-refractivity contribution is 5.65. The third-order valence-electron chi connectivity index (χ3n) is 4.69. The lowest BCUT2D eigenvalue weighted by molar-refractivity contribution is -0.384. The highest BCUT2D eigenvalue weighted by Gasteiger charge is 2.23. The first kappa shape index (κ1) is 21.9. The number of nitrogens with zero attached hydrogens (tertiary/aromatic N) is 3. The Morgan fingerprint density at radius 3 is 2.26 bits per heavy atom. The summed E-state index contributed by atoms with van der Waals surface area (Å²) in [6.07, 6.45) is 0. The van der Waals surface area contributed by atoms with Crippen LogP contribution >= 0.6 is 0 Å². The van der Waals surface area contributed by atoms with Crippen LogP contribution in [0.4, 0.5) is 10.1 Å². The van der Waals surface area contributed by atoms with Crippen LogP contribution in [-0.2, 0) is 18.1 Å². The van der Waals surface area contributed by atoms with Gasteiger partial charge in [-0.1, -0.05) is 30.7 Å². The van der Waals surface area contributed by atoms with E-state index in [1.807, 2.05) is 0 Å². The summed E-state index contributed by atoms with van der Waals surface area (Å²) < 4.78 is 19.7. The lowest BCUT2D eigenvalue weighted by Gasteiger charge is -2.19. The summed E-state index contributed by atoms with van der Waals surface area (Å²) >= 11 is 0. The number of nitro benzene ring substituents is 1. The Balaban J connectivity index is 2.07. The molecule has 0 saturated carbocycles. The van der Waals surface area contributed by atoms with Crippen LogP contribution in [0.5, 0.6) is 0 Å². The first-order valence-corrected chi connectivity index (χ1v) is 9.36. The molecule has 3 aromatic rings. The van der Waals surface area contributed by atoms with E-state index in [1.165, 1.54) is 48.5 Å². The molecule has 2 aromatic carbocycles. The molecule has 0 amide bonds. The Hall–Kier alpha value is -3.79. The quantitative estimate of drug-likeness (QED) is 0.350. The first-order chi connectivity index (χ1) is 14.7. The summed E-state index contributed by atoms with van der Waals surface area (Å²) in [7, 11) is 0. The number of nitro groups is 1. The van der Waals surface area contributed by atoms with E-state index in [9.17, 15) is 29.3 Å². The van der Waals surface area contributed by atoms with Gasteiger partial charge in [-0.15, -0.1) is 0 Å². The van der Waals surface area contributed by atoms with Gasteiger partial charge in [0.25, 0.3) is 11.2 Å². The number of ether oxygens (including phenoxy) is 1. The van der Waals surface area contributed by atoms with Crippen LogP contribution in [0.15, 0.2) is 58.1 Å². The molecule has 0 unspecified atom stereocenters. The number of hydrogen-bond donors (Lipinski definition) is 1. The maximum absolute atomic E-state index is 13.1. The maximum atomic E-state index is 13.1. The molecular weight excluding hydrogens is 409 g/mol. The van der Waals surface area contributed by atoms with Gasteiger partial charge in [0.2, 0.25) is 0 Å². The third kappa shape index (κ3) is 4.53. The minimum Gasteiger partial charge on any atom is -0.421 e. The fourth-order valence-electron chi connectivity index (χ4n) is 3.19. The summed E-state index contributed by atoms with van der Waals surface area (Å²) in [6.45, 7) is 3.18. The zero-order valence-corrected chi connectivity index (χ0v) is 16.8. The van der Waals surface area contributed by atoms with Crippen molar-refractivity contribution in [3.05, 3.63) is 96.4 Å². The van der Waals surface area contributed by atoms with Crippen molar-refractivity contribution in [1.29, 1.82) is 0 Å². The van der Waals surface area contributed by atoms with Gasteiger partial charge >= 0.3 is 5.69 Å². The number of non-ortho nitro benzene ring substituents is 1. The average molecular weight is 429 g/mol. The summed E-state index contributed by atoms with van der Waals surface area (Å²) in [6, 6.07) is 11.0. The molecule has 0 bridgehead atoms. The molecule has 0 aliphatic rings. The van der Waals surface area contributed by atoms with Gasteiger partial charge in [-0.3, -0.25) is 19.5 Å². The molecule has 3 rings (SSSR count). The predicted molar refractivity (Wildman–Crippen MR) is 110 cm³/mol. The monoisotopic (exact) mass is 429 g/mol. The van der Waals surface area contributed by atoms with Crippen LogP contribution in [0.1, 0.15) is 30.9 Å². The largest absolute Gasteiger partial charge is 0.421 e. The second-order valence-electron chi connectivity index (χ2n) is 7.15. The van der Waals surface area contributed by atoms with Crippen molar-refractivity contribution in [2.75, 3.05) is 0 Å². The Morgan fingerprint density at radius 2 is 1.71 bits per heavy atom. The van der Waals surface area contributed by atoms with Crippen LogP contribution in [0.2, 0.25) is 0 Å². The molecule has 0 aliphatic carbocycles. The normalized spacial score (nSPS) is 11.1. The smallest absolute Gasteiger partial charge is 0.366 e. The summed E-state index contributed by atoms with van der Waals surface area (Å²) in [5.41, 5.74) is -0.635. The third-order valence-corrected chi connectivity index (χ3v) is 4.69. The number of hydrogen-bond acceptors (Lipinski definition) is 6. The number of rotatable bonds is 7. The van der Waals surface area contributed by atoms with Crippen molar-refractivity contribution in [2.45, 2.75) is 33.1 Å². The SMILES string of the molecule is CC(C)c1c(-c2ccc([N+](=O)[O-])cc2)n(COCc2ccc(F)cc2)c(=O)n(O)c1=O. The molecule has 10 heteroatoms. The van der Waals surface area contributed by atoms with E-state index in [0.29, 0.717) is 11.1 Å². The van der Waals surface area contributed by atoms with Gasteiger partial charge in [-0.25, -0.2) is 9.18 Å². The van der Waals surface area contributed by atoms with Gasteiger partial charge in [0.1, 0.15) is 12.5 Å². The molecule has 0 saturated heterocycles. The van der Waals surface area contributed by atoms with Crippen molar-refractivity contribution in [1.82, 2.24) is 9.30 Å². The molecular formula is C21H20FN3O6. The maximum Gasteiger partial charge on any atom is 0.366 e. The fraction of sp³-hybridized carbons (Fsp3) is 0.238. The molecule has 0 radical (unpaired) electrons. The van der Waals surface area contributed by atoms with Gasteiger partial charge in [-0.05, 0) is 41.3 Å². The molecule has 0 spiro atoms. The first-order valence-electron chi connectivity index (χ1n) is 9.36. The lowest BCUT2D eigenvalue weighted by Crippen LogP contribution is -2.42. The van der Waals surface area contributed by atoms with Crippen LogP contribution in [-0.4, -0.2) is 19.4 Å². The Bertz CT molecular complexity index is 1210. The van der Waals surface area contributed by atoms with E-state index in [2.05, 4.69) is 0 Å². The molecule has 1 N–H and O–H groups in total. The fourth-order valence-corrected chi connectivity index (χ4v) is 3.19. The van der Waals surface area contributed by atoms with E-state index in [-0.39, 0.29) is 40.9 Å². The van der Waals surface area contributed by atoms with Crippen molar-refractivity contribution in [3.63, 3.8) is 0 Å². The minimum absolute atomic E-state index is 0.0193. The van der Waals surface area contributed by atoms with E-state index in [0.717, 1.165) is 4.57 Å². The average Bonchev–Trinajstić information content (AvgIpc) is 2.74. The van der Waals surface area contributed by atoms with E-state index < -0.39 is 22.0 Å². The van der Waals surface area contributed by atoms with Crippen molar-refractivity contribution in [3.8, 4) is 11.3 Å². The molecule has 0 aliphatic heterocycles. The van der Waals surface area contributed by atoms with Gasteiger partial charge in [0, 0.05) is 17.7 Å². The Morgan fingerprint density at radius 1 is 1.10 bits per heavy atom. The zero-order chi connectivity index (χ0) is 22.7. The lowest BCUT2D eigenvalue weighted by atomic mass is 9.98. The summed E-state index contributed by atoms with van der Waals surface area (Å²) in [5.74, 6) is -0.769. The second-order valence-corrected chi connectivity index (χ2v) is 7.15. The molecule has 162 valence electrons. The van der Waals surface area contributed by atoms with Crippen molar-refractivity contribution in [2.24, 2.45) is 0 Å². The van der Waals surface area contributed by atoms with Crippen molar-refractivity contribution >= 4 is 5.69 Å². The zero-order valence-electron chi connectivity index (χ0n) is 16.8.